The van der Waals surface area contributed by atoms with E-state index in [1.54, 1.807) is 25.1 Å². The summed E-state index contributed by atoms with van der Waals surface area (Å²) >= 11 is 0. The molecule has 1 aromatic heterocycles. The second-order valence-corrected chi connectivity index (χ2v) is 3.78. The van der Waals surface area contributed by atoms with E-state index in [-0.39, 0.29) is 6.04 Å². The van der Waals surface area contributed by atoms with Crippen molar-refractivity contribution < 1.29 is 13.2 Å². The number of hydrogen-bond donors (Lipinski definition) is 2. The van der Waals surface area contributed by atoms with Crippen molar-refractivity contribution in [2.45, 2.75) is 19.1 Å². The first kappa shape index (κ1) is 11.0. The van der Waals surface area contributed by atoms with Gasteiger partial charge >= 0.3 is 6.18 Å². The third-order valence-corrected chi connectivity index (χ3v) is 2.48. The number of hydrogen-bond acceptors (Lipinski definition) is 1. The molecular weight excluding hydrogens is 217 g/mol. The molecule has 0 aliphatic rings. The van der Waals surface area contributed by atoms with Crippen LogP contribution in [0.15, 0.2) is 24.3 Å². The summed E-state index contributed by atoms with van der Waals surface area (Å²) in [5.74, 6) is 0. The van der Waals surface area contributed by atoms with Crippen LogP contribution in [-0.2, 0) is 6.18 Å². The smallest absolute Gasteiger partial charge is 0.351 e. The van der Waals surface area contributed by atoms with Crippen LogP contribution in [0.1, 0.15) is 24.2 Å². The lowest BCUT2D eigenvalue weighted by Gasteiger charge is -2.06. The minimum Gasteiger partial charge on any atom is -0.351 e. The maximum atomic E-state index is 12.5. The number of halogens is 3. The summed E-state index contributed by atoms with van der Waals surface area (Å²) in [5.41, 5.74) is 6.11. The fourth-order valence-corrected chi connectivity index (χ4v) is 1.71. The highest BCUT2D eigenvalue weighted by Gasteiger charge is 2.32. The van der Waals surface area contributed by atoms with Crippen molar-refractivity contribution in [3.63, 3.8) is 0 Å². The van der Waals surface area contributed by atoms with Gasteiger partial charge in [-0.1, -0.05) is 18.2 Å². The molecule has 0 amide bonds. The molecule has 16 heavy (non-hydrogen) atoms. The number of H-pyrrole nitrogens is 1. The number of aromatic amines is 1. The van der Waals surface area contributed by atoms with Crippen LogP contribution in [0.5, 0.6) is 0 Å². The quantitative estimate of drug-likeness (QED) is 0.773. The van der Waals surface area contributed by atoms with Crippen LogP contribution in [0.3, 0.4) is 0 Å². The minimum atomic E-state index is -4.35. The topological polar surface area (TPSA) is 41.8 Å². The molecule has 1 aromatic carbocycles. The van der Waals surface area contributed by atoms with E-state index in [2.05, 4.69) is 4.98 Å². The van der Waals surface area contributed by atoms with Gasteiger partial charge in [0, 0.05) is 11.4 Å². The Bertz CT molecular complexity index is 511. The Morgan fingerprint density at radius 1 is 1.31 bits per heavy atom. The van der Waals surface area contributed by atoms with E-state index in [1.165, 1.54) is 0 Å². The van der Waals surface area contributed by atoms with Gasteiger partial charge in [0.15, 0.2) is 0 Å². The lowest BCUT2D eigenvalue weighted by atomic mass is 10.1. The normalized spacial score (nSPS) is 14.3. The highest BCUT2D eigenvalue weighted by Crippen LogP contribution is 2.32. The maximum Gasteiger partial charge on any atom is 0.431 e. The Morgan fingerprint density at radius 3 is 2.56 bits per heavy atom. The highest BCUT2D eigenvalue weighted by atomic mass is 19.4. The molecule has 5 heteroatoms. The summed E-state index contributed by atoms with van der Waals surface area (Å²) < 4.78 is 37.5. The summed E-state index contributed by atoms with van der Waals surface area (Å²) in [6.45, 7) is 1.74. The summed E-state index contributed by atoms with van der Waals surface area (Å²) in [4.78, 5) is 2.38. The van der Waals surface area contributed by atoms with Gasteiger partial charge in [0.1, 0.15) is 5.69 Å². The van der Waals surface area contributed by atoms with Gasteiger partial charge in [-0.15, -0.1) is 0 Å². The molecule has 0 fully saturated rings. The number of para-hydroxylation sites is 1. The molecule has 0 bridgehead atoms. The molecular formula is C11H11F3N2. The second kappa shape index (κ2) is 3.52. The molecule has 0 aliphatic heterocycles. The van der Waals surface area contributed by atoms with Crippen LogP contribution in [0.4, 0.5) is 13.2 Å². The first-order valence-electron chi connectivity index (χ1n) is 4.84. The standard InChI is InChI=1S/C11H11F3N2/c1-6(15)8-4-2-3-7-5-9(11(12,13)14)16-10(7)8/h2-6,16H,15H2,1H3. The van der Waals surface area contributed by atoms with Crippen LogP contribution in [-0.4, -0.2) is 4.98 Å². The largest absolute Gasteiger partial charge is 0.431 e. The zero-order valence-corrected chi connectivity index (χ0v) is 8.60. The first-order valence-corrected chi connectivity index (χ1v) is 4.84. The summed E-state index contributed by atoms with van der Waals surface area (Å²) in [6.07, 6.45) is -4.35. The fraction of sp³-hybridized carbons (Fsp3) is 0.273. The van der Waals surface area contributed by atoms with Gasteiger partial charge in [0.05, 0.1) is 5.52 Å². The molecule has 1 unspecified atom stereocenters. The van der Waals surface area contributed by atoms with Crippen LogP contribution < -0.4 is 5.73 Å². The number of nitrogens with two attached hydrogens (primary N) is 1. The van der Waals surface area contributed by atoms with Gasteiger partial charge in [-0.25, -0.2) is 0 Å². The first-order chi connectivity index (χ1) is 7.39. The Hall–Kier alpha value is -1.49. The van der Waals surface area contributed by atoms with E-state index in [0.717, 1.165) is 6.07 Å². The van der Waals surface area contributed by atoms with Gasteiger partial charge in [-0.3, -0.25) is 0 Å². The van der Waals surface area contributed by atoms with Crippen molar-refractivity contribution in [3.05, 3.63) is 35.5 Å². The molecule has 0 saturated heterocycles. The zero-order chi connectivity index (χ0) is 11.9. The van der Waals surface area contributed by atoms with Gasteiger partial charge in [0.2, 0.25) is 0 Å². The number of rotatable bonds is 1. The average Bonchev–Trinajstić information content (AvgIpc) is 2.59. The van der Waals surface area contributed by atoms with Crippen molar-refractivity contribution >= 4 is 10.9 Å². The molecule has 1 atom stereocenters. The minimum absolute atomic E-state index is 0.302. The summed E-state index contributed by atoms with van der Waals surface area (Å²) in [5, 5.41) is 0.530. The van der Waals surface area contributed by atoms with Crippen LogP contribution in [0.2, 0.25) is 0 Å². The van der Waals surface area contributed by atoms with Gasteiger partial charge < -0.3 is 10.7 Å². The monoisotopic (exact) mass is 228 g/mol. The third kappa shape index (κ3) is 1.78. The van der Waals surface area contributed by atoms with Crippen LogP contribution in [0, 0.1) is 0 Å². The highest BCUT2D eigenvalue weighted by molar-refractivity contribution is 5.84. The van der Waals surface area contributed by atoms with Gasteiger partial charge in [0.25, 0.3) is 0 Å². The Balaban J connectivity index is 2.66. The van der Waals surface area contributed by atoms with E-state index < -0.39 is 11.9 Å². The predicted octanol–water partition coefficient (Wildman–Crippen LogP) is 3.21. The molecule has 2 aromatic rings. The van der Waals surface area contributed by atoms with Gasteiger partial charge in [-0.2, -0.15) is 13.2 Å². The van der Waals surface area contributed by atoms with Crippen molar-refractivity contribution in [3.8, 4) is 0 Å². The third-order valence-electron chi connectivity index (χ3n) is 2.48. The molecule has 0 radical (unpaired) electrons. The molecule has 2 nitrogen and oxygen atoms in total. The Labute approximate surface area is 90.3 Å². The molecule has 3 N–H and O–H groups in total. The predicted molar refractivity (Wildman–Crippen MR) is 55.9 cm³/mol. The number of alkyl halides is 3. The van der Waals surface area contributed by atoms with Gasteiger partial charge in [-0.05, 0) is 18.6 Å². The van der Waals surface area contributed by atoms with Crippen molar-refractivity contribution in [1.29, 1.82) is 0 Å². The number of nitrogens with one attached hydrogen (secondary N) is 1. The SMILES string of the molecule is CC(N)c1cccc2cc(C(F)(F)F)[nH]c12. The van der Waals surface area contributed by atoms with E-state index in [9.17, 15) is 13.2 Å². The summed E-state index contributed by atoms with van der Waals surface area (Å²) in [7, 11) is 0. The fourth-order valence-electron chi connectivity index (χ4n) is 1.71. The number of fused-ring (bicyclic) bond motifs is 1. The molecule has 0 aliphatic carbocycles. The van der Waals surface area contributed by atoms with E-state index in [4.69, 9.17) is 5.73 Å². The number of aromatic nitrogens is 1. The summed E-state index contributed by atoms with van der Waals surface area (Å²) in [6, 6.07) is 5.86. The maximum absolute atomic E-state index is 12.5. The molecule has 0 spiro atoms. The average molecular weight is 228 g/mol. The zero-order valence-electron chi connectivity index (χ0n) is 8.60. The van der Waals surface area contributed by atoms with E-state index >= 15 is 0 Å². The molecule has 2 rings (SSSR count). The van der Waals surface area contributed by atoms with Crippen LogP contribution >= 0.6 is 0 Å². The Morgan fingerprint density at radius 2 is 2.00 bits per heavy atom. The van der Waals surface area contributed by atoms with E-state index in [0.29, 0.717) is 16.5 Å². The molecule has 1 heterocycles. The molecule has 86 valence electrons. The molecule has 0 saturated carbocycles. The lowest BCUT2D eigenvalue weighted by molar-refractivity contribution is -0.140. The lowest BCUT2D eigenvalue weighted by Crippen LogP contribution is -2.07. The van der Waals surface area contributed by atoms with Crippen molar-refractivity contribution in [2.75, 3.05) is 0 Å². The second-order valence-electron chi connectivity index (χ2n) is 3.78. The van der Waals surface area contributed by atoms with E-state index in [1.807, 2.05) is 0 Å². The van der Waals surface area contributed by atoms with Crippen LogP contribution in [0.25, 0.3) is 10.9 Å². The van der Waals surface area contributed by atoms with Crippen molar-refractivity contribution in [2.24, 2.45) is 5.73 Å². The van der Waals surface area contributed by atoms with Crippen molar-refractivity contribution in [1.82, 2.24) is 4.98 Å². The Kier molecular flexibility index (Phi) is 2.42. The number of benzene rings is 1.